The second kappa shape index (κ2) is 12.6. The lowest BCUT2D eigenvalue weighted by Gasteiger charge is -2.39. The van der Waals surface area contributed by atoms with Crippen LogP contribution < -0.4 is 10.6 Å². The topological polar surface area (TPSA) is 91.0 Å². The third kappa shape index (κ3) is 5.54. The Morgan fingerprint density at radius 2 is 1.93 bits per heavy atom. The van der Waals surface area contributed by atoms with E-state index in [9.17, 15) is 14.4 Å². The predicted octanol–water partition coefficient (Wildman–Crippen LogP) is 4.70. The molecule has 1 saturated carbocycles. The monoisotopic (exact) mass is 608 g/mol. The highest BCUT2D eigenvalue weighted by molar-refractivity contribution is 7.98. The first-order valence-corrected chi connectivity index (χ1v) is 17.7. The molecule has 3 amide bonds. The number of ether oxygens (including phenoxy) is 1. The fourth-order valence-corrected chi connectivity index (χ4v) is 8.99. The van der Waals surface area contributed by atoms with E-state index in [1.54, 1.807) is 16.7 Å². The molecule has 9 heteroatoms. The molecular weight excluding hydrogens is 560 g/mol. The third-order valence-corrected chi connectivity index (χ3v) is 11.9. The Bertz CT molecular complexity index is 1260. The van der Waals surface area contributed by atoms with Gasteiger partial charge in [0.25, 0.3) is 0 Å². The Morgan fingerprint density at radius 1 is 1.09 bits per heavy atom. The number of likely N-dealkylation sites (tertiary alicyclic amines) is 2. The number of anilines is 1. The first-order chi connectivity index (χ1) is 20.8. The Hall–Kier alpha value is -2.36. The number of hydrogen-bond acceptors (Lipinski definition) is 6. The van der Waals surface area contributed by atoms with Gasteiger partial charge in [0.05, 0.1) is 17.9 Å². The SMILES string of the molecule is CCC1CCCCN1CCN1C(=O)[C@@H]2C(C(=O)Nc3cccc(SC)c3)[C@@H]3C=CC2(O3)C1C(=O)NC1CCCC(C)C1C. The highest BCUT2D eigenvalue weighted by Gasteiger charge is 2.72. The van der Waals surface area contributed by atoms with E-state index < -0.39 is 29.6 Å². The maximum Gasteiger partial charge on any atom is 0.246 e. The molecule has 6 rings (SSSR count). The van der Waals surface area contributed by atoms with Gasteiger partial charge in [-0.05, 0) is 68.5 Å². The van der Waals surface area contributed by atoms with Crippen LogP contribution in [0.2, 0.25) is 0 Å². The first-order valence-electron chi connectivity index (χ1n) is 16.4. The van der Waals surface area contributed by atoms with Gasteiger partial charge in [-0.1, -0.05) is 58.3 Å². The summed E-state index contributed by atoms with van der Waals surface area (Å²) in [6.45, 7) is 8.90. The molecule has 1 aromatic rings. The molecule has 5 aliphatic rings. The summed E-state index contributed by atoms with van der Waals surface area (Å²) in [6.07, 6.45) is 13.1. The molecule has 1 spiro atoms. The number of carbonyl (C=O) groups is 3. The molecule has 7 unspecified atom stereocenters. The zero-order chi connectivity index (χ0) is 30.3. The lowest BCUT2D eigenvalue weighted by atomic mass is 9.73. The van der Waals surface area contributed by atoms with Crippen LogP contribution in [0.1, 0.15) is 65.7 Å². The van der Waals surface area contributed by atoms with Crippen molar-refractivity contribution < 1.29 is 19.1 Å². The summed E-state index contributed by atoms with van der Waals surface area (Å²) in [6, 6.07) is 7.50. The van der Waals surface area contributed by atoms with Gasteiger partial charge in [0.2, 0.25) is 17.7 Å². The zero-order valence-corrected chi connectivity index (χ0v) is 26.9. The van der Waals surface area contributed by atoms with Crippen LogP contribution in [0.25, 0.3) is 0 Å². The van der Waals surface area contributed by atoms with Crippen molar-refractivity contribution in [2.75, 3.05) is 31.2 Å². The van der Waals surface area contributed by atoms with Crippen molar-refractivity contribution in [3.63, 3.8) is 0 Å². The van der Waals surface area contributed by atoms with E-state index in [-0.39, 0.29) is 23.8 Å². The molecule has 3 saturated heterocycles. The quantitative estimate of drug-likeness (QED) is 0.312. The zero-order valence-electron chi connectivity index (χ0n) is 26.1. The van der Waals surface area contributed by atoms with Gasteiger partial charge in [-0.25, -0.2) is 0 Å². The largest absolute Gasteiger partial charge is 0.359 e. The minimum atomic E-state index is -1.13. The summed E-state index contributed by atoms with van der Waals surface area (Å²) in [5.41, 5.74) is -0.435. The number of piperidine rings is 1. The van der Waals surface area contributed by atoms with Crippen LogP contribution in [0.3, 0.4) is 0 Å². The van der Waals surface area contributed by atoms with E-state index >= 15 is 0 Å². The molecule has 0 aromatic heterocycles. The molecule has 4 aliphatic heterocycles. The molecule has 1 aliphatic carbocycles. The molecule has 1 aromatic carbocycles. The fourth-order valence-electron chi connectivity index (χ4n) is 8.53. The van der Waals surface area contributed by atoms with Crippen LogP contribution in [0, 0.1) is 23.7 Å². The molecule has 43 heavy (non-hydrogen) atoms. The number of thioether (sulfide) groups is 1. The molecule has 2 bridgehead atoms. The molecule has 4 fully saturated rings. The van der Waals surface area contributed by atoms with Gasteiger partial charge in [0.15, 0.2) is 0 Å². The summed E-state index contributed by atoms with van der Waals surface area (Å²) in [5, 5.41) is 6.43. The van der Waals surface area contributed by atoms with Crippen LogP contribution in [-0.4, -0.2) is 83.2 Å². The number of nitrogens with one attached hydrogen (secondary N) is 2. The van der Waals surface area contributed by atoms with Crippen molar-refractivity contribution in [2.24, 2.45) is 23.7 Å². The van der Waals surface area contributed by atoms with Gasteiger partial charge in [-0.3, -0.25) is 19.3 Å². The van der Waals surface area contributed by atoms with Crippen molar-refractivity contribution in [3.05, 3.63) is 36.4 Å². The predicted molar refractivity (Wildman–Crippen MR) is 170 cm³/mol. The van der Waals surface area contributed by atoms with E-state index in [1.807, 2.05) is 42.7 Å². The molecule has 2 N–H and O–H groups in total. The van der Waals surface area contributed by atoms with E-state index in [0.717, 1.165) is 43.7 Å². The van der Waals surface area contributed by atoms with Crippen LogP contribution in [-0.2, 0) is 19.1 Å². The van der Waals surface area contributed by atoms with Crippen LogP contribution in [0.5, 0.6) is 0 Å². The number of fused-ring (bicyclic) bond motifs is 1. The molecule has 4 heterocycles. The lowest BCUT2D eigenvalue weighted by molar-refractivity contribution is -0.142. The Morgan fingerprint density at radius 3 is 2.72 bits per heavy atom. The smallest absolute Gasteiger partial charge is 0.246 e. The Balaban J connectivity index is 1.28. The van der Waals surface area contributed by atoms with Gasteiger partial charge in [0.1, 0.15) is 11.6 Å². The van der Waals surface area contributed by atoms with Crippen molar-refractivity contribution in [3.8, 4) is 0 Å². The number of hydrogen-bond donors (Lipinski definition) is 2. The second-order valence-corrected chi connectivity index (χ2v) is 14.3. The summed E-state index contributed by atoms with van der Waals surface area (Å²) >= 11 is 1.61. The second-order valence-electron chi connectivity index (χ2n) is 13.4. The van der Waals surface area contributed by atoms with Gasteiger partial charge in [-0.15, -0.1) is 11.8 Å². The molecule has 234 valence electrons. The summed E-state index contributed by atoms with van der Waals surface area (Å²) in [5.74, 6) is -1.04. The normalized spacial score (nSPS) is 37.0. The standard InChI is InChI=1S/C34H48N4O4S/c1-5-24-12-6-7-17-37(24)18-19-38-30(32(40)36-26-14-8-10-21(2)22(26)3)34-16-15-27(42-34)28(29(34)33(38)41)31(39)35-23-11-9-13-25(20-23)43-4/h9,11,13,15-16,20-22,24,26-30H,5-8,10,12,14,17-19H2,1-4H3,(H,35,39)(H,36,40)/t21?,22?,24?,26?,27-,28?,29-,30?,34?/m0/s1. The summed E-state index contributed by atoms with van der Waals surface area (Å²) < 4.78 is 6.59. The number of carbonyl (C=O) groups excluding carboxylic acids is 3. The van der Waals surface area contributed by atoms with Crippen LogP contribution >= 0.6 is 11.8 Å². The van der Waals surface area contributed by atoms with Gasteiger partial charge < -0.3 is 20.3 Å². The van der Waals surface area contributed by atoms with Crippen LogP contribution in [0.15, 0.2) is 41.3 Å². The summed E-state index contributed by atoms with van der Waals surface area (Å²) in [7, 11) is 0. The lowest BCUT2D eigenvalue weighted by Crippen LogP contribution is -2.58. The van der Waals surface area contributed by atoms with E-state index in [0.29, 0.717) is 30.1 Å². The van der Waals surface area contributed by atoms with Gasteiger partial charge >= 0.3 is 0 Å². The summed E-state index contributed by atoms with van der Waals surface area (Å²) in [4.78, 5) is 47.9. The third-order valence-electron chi connectivity index (χ3n) is 11.1. The van der Waals surface area contributed by atoms with Gasteiger partial charge in [0, 0.05) is 35.8 Å². The highest BCUT2D eigenvalue weighted by Crippen LogP contribution is 2.55. The van der Waals surface area contributed by atoms with E-state index in [1.165, 1.54) is 19.3 Å². The highest BCUT2D eigenvalue weighted by atomic mass is 32.2. The first kappa shape index (κ1) is 30.7. The molecule has 9 atom stereocenters. The maximum atomic E-state index is 14.4. The number of amides is 3. The maximum absolute atomic E-state index is 14.4. The average molecular weight is 609 g/mol. The number of nitrogens with zero attached hydrogens (tertiary/aromatic N) is 2. The average Bonchev–Trinajstić information content (AvgIpc) is 3.65. The van der Waals surface area contributed by atoms with E-state index in [4.69, 9.17) is 4.74 Å². The van der Waals surface area contributed by atoms with Crippen LogP contribution in [0.4, 0.5) is 5.69 Å². The van der Waals surface area contributed by atoms with Crippen molar-refractivity contribution in [2.45, 2.75) is 100 Å². The fraction of sp³-hybridized carbons (Fsp3) is 0.676. The Labute approximate surface area is 260 Å². The number of rotatable bonds is 9. The molecule has 8 nitrogen and oxygen atoms in total. The minimum Gasteiger partial charge on any atom is -0.359 e. The van der Waals surface area contributed by atoms with Crippen molar-refractivity contribution in [1.29, 1.82) is 0 Å². The van der Waals surface area contributed by atoms with E-state index in [2.05, 4.69) is 36.3 Å². The number of benzene rings is 1. The molecular formula is C34H48N4O4S. The minimum absolute atomic E-state index is 0.0700. The van der Waals surface area contributed by atoms with Gasteiger partial charge in [-0.2, -0.15) is 0 Å². The van der Waals surface area contributed by atoms with Crippen molar-refractivity contribution in [1.82, 2.24) is 15.1 Å². The van der Waals surface area contributed by atoms with Crippen molar-refractivity contribution >= 4 is 35.2 Å². The molecule has 0 radical (unpaired) electrons. The Kier molecular flexibility index (Phi) is 8.96.